The summed E-state index contributed by atoms with van der Waals surface area (Å²) in [5.74, 6) is -0.151. The summed E-state index contributed by atoms with van der Waals surface area (Å²) in [5.41, 5.74) is 3.22. The predicted molar refractivity (Wildman–Crippen MR) is 119 cm³/mol. The van der Waals surface area contributed by atoms with E-state index in [1.807, 2.05) is 54.1 Å². The van der Waals surface area contributed by atoms with Gasteiger partial charge in [0.2, 0.25) is 11.1 Å². The second-order valence-electron chi connectivity index (χ2n) is 6.23. The molecule has 0 aliphatic carbocycles. The minimum atomic E-state index is -0.396. The van der Waals surface area contributed by atoms with Crippen molar-refractivity contribution >= 4 is 67.5 Å². The lowest BCUT2D eigenvalue weighted by Gasteiger charge is -2.08. The zero-order chi connectivity index (χ0) is 19.8. The van der Waals surface area contributed by atoms with Gasteiger partial charge in [0.25, 0.3) is 0 Å². The van der Waals surface area contributed by atoms with Crippen LogP contribution in [0.4, 0.5) is 5.13 Å². The Morgan fingerprint density at radius 3 is 2.90 bits per heavy atom. The molecule has 5 aromatic rings. The van der Waals surface area contributed by atoms with Crippen LogP contribution < -0.4 is 5.32 Å². The van der Waals surface area contributed by atoms with Gasteiger partial charge in [-0.25, -0.2) is 9.97 Å². The molecule has 0 spiro atoms. The number of carbonyl (C=O) groups is 1. The third kappa shape index (κ3) is 3.61. The van der Waals surface area contributed by atoms with Gasteiger partial charge in [-0.3, -0.25) is 4.79 Å². The van der Waals surface area contributed by atoms with Gasteiger partial charge in [-0.05, 0) is 24.4 Å². The van der Waals surface area contributed by atoms with E-state index in [9.17, 15) is 4.79 Å². The third-order valence-corrected chi connectivity index (χ3v) is 6.86. The topological polar surface area (TPSA) is 96.5 Å². The average Bonchev–Trinajstić information content (AvgIpc) is 3.46. The van der Waals surface area contributed by atoms with Crippen LogP contribution in [0.25, 0.3) is 32.6 Å². The Kier molecular flexibility index (Phi) is 4.74. The molecular weight excluding hydrogens is 424 g/mol. The number of aromatic nitrogens is 5. The van der Waals surface area contributed by atoms with Gasteiger partial charge >= 0.3 is 0 Å². The summed E-state index contributed by atoms with van der Waals surface area (Å²) in [7, 11) is 0. The highest BCUT2D eigenvalue weighted by Crippen LogP contribution is 2.29. The van der Waals surface area contributed by atoms with Gasteiger partial charge in [0.05, 0.1) is 15.8 Å². The van der Waals surface area contributed by atoms with Gasteiger partial charge in [-0.1, -0.05) is 36.0 Å². The van der Waals surface area contributed by atoms with Crippen LogP contribution in [-0.2, 0) is 4.79 Å². The van der Waals surface area contributed by atoms with Crippen LogP contribution in [0.15, 0.2) is 52.3 Å². The molecule has 0 radical (unpaired) electrons. The number of rotatable bonds is 5. The molecule has 1 amide bonds. The monoisotopic (exact) mass is 438 g/mol. The molecule has 5 rings (SSSR count). The zero-order valence-electron chi connectivity index (χ0n) is 15.1. The van der Waals surface area contributed by atoms with E-state index in [1.165, 1.54) is 23.1 Å². The summed E-state index contributed by atoms with van der Waals surface area (Å²) in [5, 5.41) is 16.9. The molecule has 0 saturated carbocycles. The highest BCUT2D eigenvalue weighted by Gasteiger charge is 2.19. The molecule has 0 aliphatic heterocycles. The Labute approximate surface area is 177 Å². The predicted octanol–water partition coefficient (Wildman–Crippen LogP) is 4.81. The number of hydrogen-bond acceptors (Lipinski definition) is 8. The van der Waals surface area contributed by atoms with Crippen LogP contribution in [0.3, 0.4) is 0 Å². The Hall–Kier alpha value is -2.82. The first-order valence-electron chi connectivity index (χ1n) is 8.75. The van der Waals surface area contributed by atoms with E-state index in [4.69, 9.17) is 0 Å². The van der Waals surface area contributed by atoms with Crippen molar-refractivity contribution in [1.82, 2.24) is 25.1 Å². The van der Waals surface area contributed by atoms with Crippen LogP contribution in [0.2, 0.25) is 0 Å². The van der Waals surface area contributed by atoms with E-state index >= 15 is 0 Å². The maximum atomic E-state index is 12.6. The maximum Gasteiger partial charge on any atom is 0.239 e. The second kappa shape index (κ2) is 7.54. The quantitative estimate of drug-likeness (QED) is 0.382. The van der Waals surface area contributed by atoms with Crippen molar-refractivity contribution in [3.8, 4) is 10.6 Å². The summed E-state index contributed by atoms with van der Waals surface area (Å²) in [4.78, 5) is 25.9. The van der Waals surface area contributed by atoms with Crippen molar-refractivity contribution in [2.45, 2.75) is 17.3 Å². The molecule has 0 aliphatic rings. The smallest absolute Gasteiger partial charge is 0.239 e. The highest BCUT2D eigenvalue weighted by atomic mass is 32.2. The van der Waals surface area contributed by atoms with Gasteiger partial charge in [0.1, 0.15) is 5.52 Å². The van der Waals surface area contributed by atoms with Gasteiger partial charge in [-0.15, -0.1) is 32.9 Å². The number of thioether (sulfide) groups is 1. The molecule has 0 saturated heterocycles. The van der Waals surface area contributed by atoms with Gasteiger partial charge in [0.15, 0.2) is 10.8 Å². The largest absolute Gasteiger partial charge is 0.338 e. The molecule has 0 bridgehead atoms. The minimum Gasteiger partial charge on any atom is -0.338 e. The first-order chi connectivity index (χ1) is 14.2. The number of H-pyrrole nitrogens is 1. The first kappa shape index (κ1) is 18.2. The molecule has 144 valence electrons. The Morgan fingerprint density at radius 2 is 2.03 bits per heavy atom. The summed E-state index contributed by atoms with van der Waals surface area (Å²) in [6.07, 6.45) is 0. The Balaban J connectivity index is 1.30. The number of nitrogens with zero attached hydrogens (tertiary/aromatic N) is 4. The Morgan fingerprint density at radius 1 is 1.14 bits per heavy atom. The van der Waals surface area contributed by atoms with Crippen LogP contribution in [0.1, 0.15) is 6.92 Å². The number of amides is 1. The van der Waals surface area contributed by atoms with Crippen molar-refractivity contribution in [3.63, 3.8) is 0 Å². The highest BCUT2D eigenvalue weighted by molar-refractivity contribution is 8.00. The lowest BCUT2D eigenvalue weighted by Crippen LogP contribution is -2.22. The van der Waals surface area contributed by atoms with Gasteiger partial charge in [-0.2, -0.15) is 0 Å². The molecular formula is C19H14N6OS3. The maximum absolute atomic E-state index is 12.6. The fraction of sp³-hybridized carbons (Fsp3) is 0.105. The minimum absolute atomic E-state index is 0.151. The van der Waals surface area contributed by atoms with Crippen molar-refractivity contribution in [3.05, 3.63) is 47.2 Å². The molecule has 0 fully saturated rings. The van der Waals surface area contributed by atoms with Gasteiger partial charge in [0, 0.05) is 16.3 Å². The number of benzene rings is 1. The lowest BCUT2D eigenvalue weighted by atomic mass is 10.2. The van der Waals surface area contributed by atoms with Crippen molar-refractivity contribution < 1.29 is 4.79 Å². The number of hydrogen-bond donors (Lipinski definition) is 2. The molecule has 4 aromatic heterocycles. The first-order valence-corrected chi connectivity index (χ1v) is 11.4. The summed E-state index contributed by atoms with van der Waals surface area (Å²) in [6, 6.07) is 11.8. The van der Waals surface area contributed by atoms with E-state index in [1.54, 1.807) is 11.3 Å². The number of para-hydroxylation sites is 1. The number of anilines is 1. The SMILES string of the molecule is CC(Sc1nnc2c(n1)[nH]c1ccccc12)C(=O)Nc1nc(-c2cccs2)cs1. The second-order valence-corrected chi connectivity index (χ2v) is 9.34. The third-order valence-electron chi connectivity index (χ3n) is 4.26. The van der Waals surface area contributed by atoms with Crippen molar-refractivity contribution in [1.29, 1.82) is 0 Å². The summed E-state index contributed by atoms with van der Waals surface area (Å²) in [6.45, 7) is 1.81. The number of aromatic amines is 1. The fourth-order valence-electron chi connectivity index (χ4n) is 2.84. The van der Waals surface area contributed by atoms with Gasteiger partial charge < -0.3 is 10.3 Å². The number of carbonyl (C=O) groups excluding carboxylic acids is 1. The molecule has 4 heterocycles. The number of nitrogens with one attached hydrogen (secondary N) is 2. The molecule has 10 heteroatoms. The molecule has 29 heavy (non-hydrogen) atoms. The zero-order valence-corrected chi connectivity index (χ0v) is 17.6. The number of thiazole rings is 1. The number of fused-ring (bicyclic) bond motifs is 3. The summed E-state index contributed by atoms with van der Waals surface area (Å²) < 4.78 is 0. The van der Waals surface area contributed by atoms with E-state index in [0.717, 1.165) is 27.0 Å². The van der Waals surface area contributed by atoms with Crippen molar-refractivity contribution in [2.24, 2.45) is 0 Å². The van der Waals surface area contributed by atoms with Crippen LogP contribution in [0.5, 0.6) is 0 Å². The number of thiophene rings is 1. The van der Waals surface area contributed by atoms with Crippen molar-refractivity contribution in [2.75, 3.05) is 5.32 Å². The van der Waals surface area contributed by atoms with E-state index in [0.29, 0.717) is 15.9 Å². The van der Waals surface area contributed by atoms with E-state index in [2.05, 4.69) is 30.5 Å². The molecule has 1 atom stereocenters. The van der Waals surface area contributed by atoms with Crippen LogP contribution in [-0.4, -0.2) is 36.3 Å². The van der Waals surface area contributed by atoms with Crippen LogP contribution >= 0.6 is 34.4 Å². The Bertz CT molecular complexity index is 1310. The molecule has 1 aromatic carbocycles. The lowest BCUT2D eigenvalue weighted by molar-refractivity contribution is -0.115. The molecule has 1 unspecified atom stereocenters. The standard InChI is InChI=1S/C19H14N6OS3/c1-10(17(26)23-18-21-13(9-28-18)14-7-4-8-27-14)29-19-22-16-15(24-25-19)11-5-2-3-6-12(11)20-16/h2-10H,1H3,(H,20,22,25)(H,21,23,26). The fourth-order valence-corrected chi connectivity index (χ4v) is 5.03. The molecule has 7 nitrogen and oxygen atoms in total. The molecule has 2 N–H and O–H groups in total. The normalized spacial score (nSPS) is 12.4. The van der Waals surface area contributed by atoms with E-state index in [-0.39, 0.29) is 5.91 Å². The van der Waals surface area contributed by atoms with E-state index < -0.39 is 5.25 Å². The van der Waals surface area contributed by atoms with Crippen LogP contribution in [0, 0.1) is 0 Å². The average molecular weight is 439 g/mol. The summed E-state index contributed by atoms with van der Waals surface area (Å²) >= 11 is 4.29.